The smallest absolute Gasteiger partial charge is 0.133 e. The molecule has 2 nitrogen and oxygen atoms in total. The van der Waals surface area contributed by atoms with E-state index in [1.807, 2.05) is 12.1 Å². The lowest BCUT2D eigenvalue weighted by Crippen LogP contribution is -2.21. The lowest BCUT2D eigenvalue weighted by Gasteiger charge is -2.13. The lowest BCUT2D eigenvalue weighted by atomic mass is 10.1. The molecule has 1 aliphatic carbocycles. The zero-order valence-corrected chi connectivity index (χ0v) is 8.38. The van der Waals surface area contributed by atoms with E-state index in [9.17, 15) is 0 Å². The monoisotopic (exact) mass is 196 g/mol. The molecule has 1 aromatic heterocycles. The van der Waals surface area contributed by atoms with E-state index in [-0.39, 0.29) is 0 Å². The van der Waals surface area contributed by atoms with Gasteiger partial charge in [-0.15, -0.1) is 0 Å². The molecule has 1 heterocycles. The molecular formula is C10H13ClN2. The molecular weight excluding hydrogens is 184 g/mol. The van der Waals surface area contributed by atoms with E-state index >= 15 is 0 Å². The summed E-state index contributed by atoms with van der Waals surface area (Å²) in [5, 5.41) is 4.10. The Labute approximate surface area is 83.3 Å². The maximum Gasteiger partial charge on any atom is 0.133 e. The Morgan fingerprint density at radius 1 is 1.62 bits per heavy atom. The summed E-state index contributed by atoms with van der Waals surface area (Å²) in [5.41, 5.74) is 1.09. The fourth-order valence-electron chi connectivity index (χ4n) is 1.41. The fourth-order valence-corrected chi connectivity index (χ4v) is 1.70. The van der Waals surface area contributed by atoms with Gasteiger partial charge in [-0.2, -0.15) is 0 Å². The molecule has 0 saturated heterocycles. The average Bonchev–Trinajstić information content (AvgIpc) is 2.89. The fraction of sp³-hybridized carbons (Fsp3) is 0.500. The van der Waals surface area contributed by atoms with Gasteiger partial charge >= 0.3 is 0 Å². The predicted octanol–water partition coefficient (Wildman–Crippen LogP) is 2.55. The highest BCUT2D eigenvalue weighted by Gasteiger charge is 2.23. The molecule has 2 rings (SSSR count). The highest BCUT2D eigenvalue weighted by atomic mass is 35.5. The minimum Gasteiger partial charge on any atom is -0.307 e. The molecule has 0 aliphatic heterocycles. The lowest BCUT2D eigenvalue weighted by molar-refractivity contribution is 0.570. The number of nitrogens with one attached hydrogen (secondary N) is 1. The van der Waals surface area contributed by atoms with Crippen molar-refractivity contribution in [3.8, 4) is 0 Å². The molecule has 0 unspecified atom stereocenters. The van der Waals surface area contributed by atoms with Gasteiger partial charge in [-0.1, -0.05) is 17.7 Å². The summed E-state index contributed by atoms with van der Waals surface area (Å²) in [7, 11) is 0. The summed E-state index contributed by atoms with van der Waals surface area (Å²) in [6.07, 6.45) is 4.31. The molecule has 70 valence electrons. The maximum atomic E-state index is 5.97. The third-order valence-corrected chi connectivity index (χ3v) is 2.63. The van der Waals surface area contributed by atoms with Crippen LogP contribution in [0, 0.1) is 0 Å². The Balaban J connectivity index is 2.09. The van der Waals surface area contributed by atoms with Crippen molar-refractivity contribution in [3.05, 3.63) is 29.0 Å². The van der Waals surface area contributed by atoms with Crippen molar-refractivity contribution >= 4 is 11.6 Å². The quantitative estimate of drug-likeness (QED) is 0.752. The second-order valence-electron chi connectivity index (χ2n) is 3.55. The third-order valence-electron chi connectivity index (χ3n) is 2.32. The first-order valence-electron chi connectivity index (χ1n) is 4.64. The number of hydrogen-bond acceptors (Lipinski definition) is 2. The average molecular weight is 197 g/mol. The molecule has 0 bridgehead atoms. The Bertz CT molecular complexity index is 297. The van der Waals surface area contributed by atoms with Crippen LogP contribution in [-0.4, -0.2) is 11.0 Å². The standard InChI is InChI=1S/C10H13ClN2/c1-7(13-8-4-5-8)9-3-2-6-12-10(9)11/h2-3,6-8,13H,4-5H2,1H3/t7-/m0/s1. The topological polar surface area (TPSA) is 24.9 Å². The van der Waals surface area contributed by atoms with Crippen LogP contribution in [0.2, 0.25) is 5.15 Å². The Morgan fingerprint density at radius 2 is 2.38 bits per heavy atom. The molecule has 0 aromatic carbocycles. The minimum atomic E-state index is 0.314. The molecule has 1 fully saturated rings. The van der Waals surface area contributed by atoms with Gasteiger partial charge in [0.1, 0.15) is 5.15 Å². The van der Waals surface area contributed by atoms with E-state index in [0.717, 1.165) is 5.56 Å². The van der Waals surface area contributed by atoms with Crippen molar-refractivity contribution in [1.82, 2.24) is 10.3 Å². The number of halogens is 1. The highest BCUT2D eigenvalue weighted by molar-refractivity contribution is 6.30. The van der Waals surface area contributed by atoms with E-state index in [2.05, 4.69) is 17.2 Å². The van der Waals surface area contributed by atoms with Crippen molar-refractivity contribution in [2.75, 3.05) is 0 Å². The third kappa shape index (κ3) is 2.20. The van der Waals surface area contributed by atoms with E-state index < -0.39 is 0 Å². The van der Waals surface area contributed by atoms with Crippen molar-refractivity contribution in [2.45, 2.75) is 31.8 Å². The van der Waals surface area contributed by atoms with Gasteiger partial charge < -0.3 is 5.32 Å². The van der Waals surface area contributed by atoms with E-state index in [1.165, 1.54) is 12.8 Å². The first-order valence-corrected chi connectivity index (χ1v) is 5.01. The molecule has 3 heteroatoms. The molecule has 0 radical (unpaired) electrons. The summed E-state index contributed by atoms with van der Waals surface area (Å²) < 4.78 is 0. The van der Waals surface area contributed by atoms with Crippen LogP contribution in [0.15, 0.2) is 18.3 Å². The summed E-state index contributed by atoms with van der Waals surface area (Å²) in [6, 6.07) is 4.96. The van der Waals surface area contributed by atoms with Crippen molar-refractivity contribution < 1.29 is 0 Å². The van der Waals surface area contributed by atoms with Crippen LogP contribution in [0.25, 0.3) is 0 Å². The van der Waals surface area contributed by atoms with E-state index in [1.54, 1.807) is 6.20 Å². The van der Waals surface area contributed by atoms with Crippen molar-refractivity contribution in [2.24, 2.45) is 0 Å². The molecule has 1 aromatic rings. The highest BCUT2D eigenvalue weighted by Crippen LogP contribution is 2.26. The van der Waals surface area contributed by atoms with Crippen LogP contribution >= 0.6 is 11.6 Å². The molecule has 1 saturated carbocycles. The van der Waals surface area contributed by atoms with Crippen LogP contribution in [0.5, 0.6) is 0 Å². The number of rotatable bonds is 3. The number of nitrogens with zero attached hydrogens (tertiary/aromatic N) is 1. The van der Waals surface area contributed by atoms with Gasteiger partial charge in [0.05, 0.1) is 0 Å². The Hall–Kier alpha value is -0.600. The molecule has 13 heavy (non-hydrogen) atoms. The Morgan fingerprint density at radius 3 is 3.00 bits per heavy atom. The van der Waals surface area contributed by atoms with Gasteiger partial charge in [0.15, 0.2) is 0 Å². The summed E-state index contributed by atoms with van der Waals surface area (Å²) in [6.45, 7) is 2.13. The van der Waals surface area contributed by atoms with Crippen LogP contribution in [0.3, 0.4) is 0 Å². The van der Waals surface area contributed by atoms with Crippen LogP contribution in [0.4, 0.5) is 0 Å². The predicted molar refractivity (Wildman–Crippen MR) is 53.8 cm³/mol. The molecule has 1 aliphatic rings. The van der Waals surface area contributed by atoms with Gasteiger partial charge in [0, 0.05) is 23.8 Å². The first kappa shape index (κ1) is 8.97. The maximum absolute atomic E-state index is 5.97. The SMILES string of the molecule is C[C@H](NC1CC1)c1cccnc1Cl. The number of aromatic nitrogens is 1. The summed E-state index contributed by atoms with van der Waals surface area (Å²) in [5.74, 6) is 0. The van der Waals surface area contributed by atoms with Gasteiger partial charge in [0.25, 0.3) is 0 Å². The van der Waals surface area contributed by atoms with Crippen LogP contribution < -0.4 is 5.32 Å². The molecule has 0 spiro atoms. The second kappa shape index (κ2) is 3.64. The van der Waals surface area contributed by atoms with Gasteiger partial charge in [0.2, 0.25) is 0 Å². The van der Waals surface area contributed by atoms with Crippen LogP contribution in [-0.2, 0) is 0 Å². The first-order chi connectivity index (χ1) is 6.27. The summed E-state index contributed by atoms with van der Waals surface area (Å²) >= 11 is 5.97. The van der Waals surface area contributed by atoms with Crippen molar-refractivity contribution in [3.63, 3.8) is 0 Å². The van der Waals surface area contributed by atoms with Gasteiger partial charge in [-0.25, -0.2) is 4.98 Å². The van der Waals surface area contributed by atoms with E-state index in [4.69, 9.17) is 11.6 Å². The number of hydrogen-bond donors (Lipinski definition) is 1. The van der Waals surface area contributed by atoms with Gasteiger partial charge in [-0.05, 0) is 25.8 Å². The largest absolute Gasteiger partial charge is 0.307 e. The molecule has 0 amide bonds. The minimum absolute atomic E-state index is 0.314. The van der Waals surface area contributed by atoms with Gasteiger partial charge in [-0.3, -0.25) is 0 Å². The second-order valence-corrected chi connectivity index (χ2v) is 3.90. The van der Waals surface area contributed by atoms with Crippen LogP contribution in [0.1, 0.15) is 31.4 Å². The molecule has 1 atom stereocenters. The number of pyridine rings is 1. The van der Waals surface area contributed by atoms with Crippen molar-refractivity contribution in [1.29, 1.82) is 0 Å². The normalized spacial score (nSPS) is 18.6. The molecule has 1 N–H and O–H groups in total. The zero-order valence-electron chi connectivity index (χ0n) is 7.63. The summed E-state index contributed by atoms with van der Waals surface area (Å²) in [4.78, 5) is 4.05. The Kier molecular flexibility index (Phi) is 2.51. The van der Waals surface area contributed by atoms with E-state index in [0.29, 0.717) is 17.2 Å². The zero-order chi connectivity index (χ0) is 9.26.